The number of carbonyl (C=O) groups excluding carboxylic acids is 2. The van der Waals surface area contributed by atoms with E-state index >= 15 is 0 Å². The highest BCUT2D eigenvalue weighted by Gasteiger charge is 2.60. The fraction of sp³-hybridized carbons (Fsp3) is 0.545. The number of cyclic esters (lactones) is 1. The monoisotopic (exact) mass is 463 g/mol. The highest BCUT2D eigenvalue weighted by Crippen LogP contribution is 2.54. The number of esters is 1. The molecule has 2 fully saturated rings. The van der Waals surface area contributed by atoms with Gasteiger partial charge >= 0.3 is 12.1 Å². The van der Waals surface area contributed by atoms with E-state index in [1.807, 2.05) is 25.1 Å². The third kappa shape index (κ3) is 3.43. The van der Waals surface area contributed by atoms with Crippen molar-refractivity contribution in [1.82, 2.24) is 4.90 Å². The molecule has 0 spiro atoms. The first-order valence-electron chi connectivity index (χ1n) is 10.3. The van der Waals surface area contributed by atoms with Crippen molar-refractivity contribution in [3.05, 3.63) is 46.1 Å². The van der Waals surface area contributed by atoms with Gasteiger partial charge in [0.1, 0.15) is 6.61 Å². The zero-order chi connectivity index (χ0) is 20.6. The van der Waals surface area contributed by atoms with E-state index in [1.54, 1.807) is 11.8 Å². The molecule has 2 heterocycles. The smallest absolute Gasteiger partial charge is 0.413 e. The molecule has 4 rings (SSSR count). The van der Waals surface area contributed by atoms with Gasteiger partial charge in [-0.15, -0.1) is 0 Å². The van der Waals surface area contributed by atoms with Crippen LogP contribution < -0.4 is 0 Å². The van der Waals surface area contributed by atoms with Gasteiger partial charge < -0.3 is 14.2 Å². The summed E-state index contributed by atoms with van der Waals surface area (Å²) in [4.78, 5) is 27.2. The molecule has 1 aromatic carbocycles. The van der Waals surface area contributed by atoms with Crippen molar-refractivity contribution in [2.45, 2.75) is 57.2 Å². The van der Waals surface area contributed by atoms with Gasteiger partial charge in [0, 0.05) is 22.7 Å². The average Bonchev–Trinajstić information content (AvgIpc) is 3.31. The Morgan fingerprint density at radius 1 is 1.31 bits per heavy atom. The van der Waals surface area contributed by atoms with Crippen LogP contribution in [0.2, 0.25) is 0 Å². The number of benzene rings is 1. The quantitative estimate of drug-likeness (QED) is 0.590. The molecule has 1 saturated heterocycles. The molecule has 0 aromatic heterocycles. The number of hydrogen-bond acceptors (Lipinski definition) is 5. The summed E-state index contributed by atoms with van der Waals surface area (Å²) in [6, 6.07) is 8.05. The lowest BCUT2D eigenvalue weighted by molar-refractivity contribution is -0.172. The molecule has 1 aromatic rings. The molecule has 156 valence electrons. The van der Waals surface area contributed by atoms with E-state index in [-0.39, 0.29) is 36.3 Å². The van der Waals surface area contributed by atoms with E-state index in [0.29, 0.717) is 13.0 Å². The van der Waals surface area contributed by atoms with Crippen molar-refractivity contribution in [2.75, 3.05) is 13.2 Å². The minimum atomic E-state index is -0.886. The van der Waals surface area contributed by atoms with Crippen molar-refractivity contribution >= 4 is 28.0 Å². The van der Waals surface area contributed by atoms with E-state index < -0.39 is 11.7 Å². The Kier molecular flexibility index (Phi) is 5.60. The second-order valence-electron chi connectivity index (χ2n) is 7.78. The molecule has 0 radical (unpaired) electrons. The molecule has 1 aliphatic carbocycles. The Bertz CT molecular complexity index is 823. The molecule has 1 amide bonds. The average molecular weight is 464 g/mol. The Labute approximate surface area is 179 Å². The molecular formula is C22H26BrNO5. The zero-order valence-corrected chi connectivity index (χ0v) is 18.3. The summed E-state index contributed by atoms with van der Waals surface area (Å²) in [7, 11) is 0. The third-order valence-corrected chi connectivity index (χ3v) is 6.78. The molecule has 1 saturated carbocycles. The van der Waals surface area contributed by atoms with Crippen molar-refractivity contribution in [3.8, 4) is 0 Å². The number of amides is 1. The lowest BCUT2D eigenvalue weighted by Crippen LogP contribution is -2.59. The second kappa shape index (κ2) is 8.01. The fourth-order valence-corrected chi connectivity index (χ4v) is 5.24. The number of allylic oxidation sites excluding steroid dienone is 1. The number of ether oxygens (including phenoxy) is 3. The molecule has 29 heavy (non-hydrogen) atoms. The number of fused-ring (bicyclic) bond motifs is 1. The van der Waals surface area contributed by atoms with Crippen molar-refractivity contribution < 1.29 is 23.8 Å². The normalized spacial score (nSPS) is 31.0. The number of carbonyl (C=O) groups is 2. The van der Waals surface area contributed by atoms with Gasteiger partial charge in [-0.05, 0) is 50.0 Å². The topological polar surface area (TPSA) is 65.1 Å². The summed E-state index contributed by atoms with van der Waals surface area (Å²) in [5, 5.41) is 0. The van der Waals surface area contributed by atoms with Crippen LogP contribution in [0.1, 0.15) is 51.0 Å². The van der Waals surface area contributed by atoms with Crippen molar-refractivity contribution in [1.29, 1.82) is 0 Å². The highest BCUT2D eigenvalue weighted by atomic mass is 79.9. The van der Waals surface area contributed by atoms with Crippen molar-refractivity contribution in [2.24, 2.45) is 5.92 Å². The van der Waals surface area contributed by atoms with Gasteiger partial charge in [-0.1, -0.05) is 35.0 Å². The predicted molar refractivity (Wildman–Crippen MR) is 110 cm³/mol. The lowest BCUT2D eigenvalue weighted by atomic mass is 9.77. The molecule has 3 aliphatic rings. The first-order valence-corrected chi connectivity index (χ1v) is 11.1. The maximum Gasteiger partial charge on any atom is 0.413 e. The minimum Gasteiger partial charge on any atom is -0.460 e. The number of hydrogen-bond donors (Lipinski definition) is 0. The third-order valence-electron chi connectivity index (χ3n) is 6.25. The highest BCUT2D eigenvalue weighted by molar-refractivity contribution is 9.10. The molecule has 0 N–H and O–H groups in total. The van der Waals surface area contributed by atoms with Crippen LogP contribution in [0, 0.1) is 5.92 Å². The van der Waals surface area contributed by atoms with E-state index in [0.717, 1.165) is 29.3 Å². The van der Waals surface area contributed by atoms with Crippen LogP contribution in [-0.4, -0.2) is 41.9 Å². The number of nitrogens with zero attached hydrogens (tertiary/aromatic N) is 1. The van der Waals surface area contributed by atoms with Crippen LogP contribution in [0.5, 0.6) is 0 Å². The fourth-order valence-electron chi connectivity index (χ4n) is 4.98. The van der Waals surface area contributed by atoms with Gasteiger partial charge in [0.15, 0.2) is 5.72 Å². The standard InChI is InChI=1S/C22H26BrNO5/c1-3-16-13-28-21(26)24(16)22-11-5-6-18(22)17(14-7-9-15(23)10-8-14)12-19(29-22)20(25)27-4-2/h7-10,12,16-18H,3-6,11,13H2,1-2H3/t16-,17-,18-,22-/m1/s1. The van der Waals surface area contributed by atoms with Crippen LogP contribution in [0.4, 0.5) is 4.79 Å². The Morgan fingerprint density at radius 3 is 2.76 bits per heavy atom. The van der Waals surface area contributed by atoms with E-state index in [4.69, 9.17) is 14.2 Å². The predicted octanol–water partition coefficient (Wildman–Crippen LogP) is 4.74. The van der Waals surface area contributed by atoms with E-state index in [1.165, 1.54) is 0 Å². The minimum absolute atomic E-state index is 0.0431. The van der Waals surface area contributed by atoms with Gasteiger partial charge in [-0.25, -0.2) is 9.59 Å². The second-order valence-corrected chi connectivity index (χ2v) is 8.70. The van der Waals surface area contributed by atoms with Gasteiger partial charge in [-0.2, -0.15) is 0 Å². The molecular weight excluding hydrogens is 438 g/mol. The summed E-state index contributed by atoms with van der Waals surface area (Å²) in [6.45, 7) is 4.43. The van der Waals surface area contributed by atoms with Gasteiger partial charge in [-0.3, -0.25) is 4.90 Å². The van der Waals surface area contributed by atoms with Crippen LogP contribution in [0.15, 0.2) is 40.6 Å². The molecule has 4 atom stereocenters. The molecule has 6 nitrogen and oxygen atoms in total. The Balaban J connectivity index is 1.81. The van der Waals surface area contributed by atoms with Gasteiger partial charge in [0.2, 0.25) is 5.76 Å². The summed E-state index contributed by atoms with van der Waals surface area (Å²) >= 11 is 3.49. The molecule has 0 unspecified atom stereocenters. The largest absolute Gasteiger partial charge is 0.460 e. The van der Waals surface area contributed by atoms with Crippen molar-refractivity contribution in [3.63, 3.8) is 0 Å². The first kappa shape index (κ1) is 20.3. The maximum atomic E-state index is 12.8. The van der Waals surface area contributed by atoms with Crippen LogP contribution >= 0.6 is 15.9 Å². The number of halogens is 1. The maximum absolute atomic E-state index is 12.8. The zero-order valence-electron chi connectivity index (χ0n) is 16.7. The Morgan fingerprint density at radius 2 is 2.07 bits per heavy atom. The Hall–Kier alpha value is -2.02. The first-order chi connectivity index (χ1) is 14.0. The number of rotatable bonds is 5. The van der Waals surface area contributed by atoms with Crippen LogP contribution in [0.3, 0.4) is 0 Å². The molecule has 2 aliphatic heterocycles. The van der Waals surface area contributed by atoms with Crippen LogP contribution in [0.25, 0.3) is 0 Å². The summed E-state index contributed by atoms with van der Waals surface area (Å²) in [5.41, 5.74) is 0.207. The SMILES string of the molecule is CCOC(=O)C1=C[C@H](c2ccc(Br)cc2)[C@H]2CCC[C@@]2(N2C(=O)OC[C@H]2CC)O1. The summed E-state index contributed by atoms with van der Waals surface area (Å²) in [5.74, 6) is -0.307. The van der Waals surface area contributed by atoms with Gasteiger partial charge in [0.25, 0.3) is 0 Å². The van der Waals surface area contributed by atoms with E-state index in [9.17, 15) is 9.59 Å². The summed E-state index contributed by atoms with van der Waals surface area (Å²) < 4.78 is 18.0. The van der Waals surface area contributed by atoms with Gasteiger partial charge in [0.05, 0.1) is 12.6 Å². The molecule has 0 bridgehead atoms. The van der Waals surface area contributed by atoms with Crippen LogP contribution in [-0.2, 0) is 19.0 Å². The molecule has 7 heteroatoms. The summed E-state index contributed by atoms with van der Waals surface area (Å²) in [6.07, 6.45) is 4.79. The van der Waals surface area contributed by atoms with E-state index in [2.05, 4.69) is 28.1 Å². The lowest BCUT2D eigenvalue weighted by Gasteiger charge is -2.48.